The maximum absolute atomic E-state index is 5.58. The Balaban J connectivity index is 2.10. The molecule has 0 amide bonds. The average molecular weight is 238 g/mol. The van der Waals surface area contributed by atoms with E-state index in [-0.39, 0.29) is 4.99 Å². The average Bonchev–Trinajstić information content (AvgIpc) is 2.31. The van der Waals surface area contributed by atoms with Gasteiger partial charge in [0.2, 0.25) is 0 Å². The number of anilines is 1. The molecule has 3 N–H and O–H groups in total. The largest absolute Gasteiger partial charge is 0.388 e. The summed E-state index contributed by atoms with van der Waals surface area (Å²) >= 11 is 4.93. The second kappa shape index (κ2) is 5.18. The van der Waals surface area contributed by atoms with Gasteiger partial charge in [0.25, 0.3) is 0 Å². The summed E-state index contributed by atoms with van der Waals surface area (Å²) in [5.74, 6) is 0.668. The topological polar surface area (TPSA) is 73.1 Å². The predicted octanol–water partition coefficient (Wildman–Crippen LogP) is 0.702. The Kier molecular flexibility index (Phi) is 3.63. The fourth-order valence-corrected chi connectivity index (χ4v) is 1.81. The Bertz CT molecular complexity index is 379. The van der Waals surface area contributed by atoms with Crippen LogP contribution in [0.3, 0.4) is 0 Å². The molecule has 1 aliphatic heterocycles. The molecule has 16 heavy (non-hydrogen) atoms. The number of hydrogen-bond donors (Lipinski definition) is 2. The van der Waals surface area contributed by atoms with E-state index in [2.05, 4.69) is 15.3 Å². The number of rotatable bonds is 3. The van der Waals surface area contributed by atoms with Crippen LogP contribution in [0.15, 0.2) is 12.4 Å². The molecule has 1 saturated heterocycles. The summed E-state index contributed by atoms with van der Waals surface area (Å²) in [6.07, 6.45) is 5.15. The molecule has 2 heterocycles. The summed E-state index contributed by atoms with van der Waals surface area (Å²) in [4.78, 5) is 8.60. The van der Waals surface area contributed by atoms with E-state index < -0.39 is 0 Å². The third kappa shape index (κ3) is 2.65. The highest BCUT2D eigenvalue weighted by Gasteiger charge is 2.16. The molecule has 1 aliphatic rings. The van der Waals surface area contributed by atoms with Crippen molar-refractivity contribution in [3.05, 3.63) is 18.1 Å². The summed E-state index contributed by atoms with van der Waals surface area (Å²) in [5, 5.41) is 3.31. The Morgan fingerprint density at radius 2 is 2.06 bits per heavy atom. The number of ether oxygens (including phenoxy) is 1. The molecule has 0 aliphatic carbocycles. The zero-order chi connectivity index (χ0) is 11.4. The summed E-state index contributed by atoms with van der Waals surface area (Å²) in [5.41, 5.74) is 6.14. The minimum Gasteiger partial charge on any atom is -0.388 e. The molecule has 1 aromatic rings. The molecule has 0 aromatic carbocycles. The van der Waals surface area contributed by atoms with Gasteiger partial charge < -0.3 is 15.8 Å². The molecule has 2 rings (SSSR count). The van der Waals surface area contributed by atoms with Gasteiger partial charge in [0.1, 0.15) is 10.7 Å². The Morgan fingerprint density at radius 3 is 2.75 bits per heavy atom. The molecule has 0 saturated carbocycles. The first-order chi connectivity index (χ1) is 7.77. The van der Waals surface area contributed by atoms with Crippen LogP contribution in [0.4, 0.5) is 5.82 Å². The normalized spacial score (nSPS) is 17.0. The third-order valence-corrected chi connectivity index (χ3v) is 2.69. The first kappa shape index (κ1) is 11.2. The van der Waals surface area contributed by atoms with Crippen LogP contribution in [0.25, 0.3) is 0 Å². The molecule has 6 heteroatoms. The van der Waals surface area contributed by atoms with E-state index in [1.165, 1.54) is 0 Å². The smallest absolute Gasteiger partial charge is 0.155 e. The van der Waals surface area contributed by atoms with Crippen LogP contribution in [0.1, 0.15) is 18.5 Å². The highest BCUT2D eigenvalue weighted by Crippen LogP contribution is 2.15. The van der Waals surface area contributed by atoms with Gasteiger partial charge in [0.15, 0.2) is 5.82 Å². The molecule has 1 fully saturated rings. The van der Waals surface area contributed by atoms with Crippen LogP contribution in [0.5, 0.6) is 0 Å². The number of aromatic nitrogens is 2. The zero-order valence-electron chi connectivity index (χ0n) is 8.85. The molecule has 1 aromatic heterocycles. The van der Waals surface area contributed by atoms with Crippen LogP contribution in [-0.2, 0) is 4.74 Å². The van der Waals surface area contributed by atoms with Gasteiger partial charge in [-0.25, -0.2) is 9.97 Å². The van der Waals surface area contributed by atoms with Crippen molar-refractivity contribution < 1.29 is 4.74 Å². The van der Waals surface area contributed by atoms with E-state index in [0.717, 1.165) is 26.1 Å². The molecular weight excluding hydrogens is 224 g/mol. The Morgan fingerprint density at radius 1 is 1.38 bits per heavy atom. The lowest BCUT2D eigenvalue weighted by atomic mass is 10.1. The van der Waals surface area contributed by atoms with E-state index in [1.807, 2.05) is 0 Å². The van der Waals surface area contributed by atoms with E-state index in [1.54, 1.807) is 12.4 Å². The number of nitrogens with two attached hydrogens (primary N) is 1. The van der Waals surface area contributed by atoms with E-state index in [4.69, 9.17) is 22.7 Å². The molecule has 0 unspecified atom stereocenters. The van der Waals surface area contributed by atoms with Crippen LogP contribution >= 0.6 is 12.2 Å². The highest BCUT2D eigenvalue weighted by molar-refractivity contribution is 7.80. The molecule has 0 atom stereocenters. The molecular formula is C10H14N4OS. The second-order valence-corrected chi connectivity index (χ2v) is 4.09. The number of thiocarbonyl (C=S) groups is 1. The van der Waals surface area contributed by atoms with Gasteiger partial charge in [0, 0.05) is 31.6 Å². The van der Waals surface area contributed by atoms with Gasteiger partial charge in [-0.3, -0.25) is 0 Å². The zero-order valence-corrected chi connectivity index (χ0v) is 9.67. The molecule has 86 valence electrons. The fraction of sp³-hybridized carbons (Fsp3) is 0.500. The standard InChI is InChI=1S/C10H14N4OS/c11-9(16)8-10(13-4-3-12-8)14-7-1-5-15-6-2-7/h3-4,7H,1-2,5-6H2,(H2,11,16)(H,13,14). The highest BCUT2D eigenvalue weighted by atomic mass is 32.1. The quantitative estimate of drug-likeness (QED) is 0.755. The maximum atomic E-state index is 5.58. The van der Waals surface area contributed by atoms with Crippen LogP contribution in [0, 0.1) is 0 Å². The monoisotopic (exact) mass is 238 g/mol. The summed E-state index contributed by atoms with van der Waals surface area (Å²) in [6.45, 7) is 1.56. The molecule has 0 bridgehead atoms. The summed E-state index contributed by atoms with van der Waals surface area (Å²) in [7, 11) is 0. The fourth-order valence-electron chi connectivity index (χ4n) is 1.66. The van der Waals surface area contributed by atoms with Crippen molar-refractivity contribution in [1.29, 1.82) is 0 Å². The molecule has 0 radical (unpaired) electrons. The SMILES string of the molecule is NC(=S)c1nccnc1NC1CCOCC1. The van der Waals surface area contributed by atoms with Crippen LogP contribution < -0.4 is 11.1 Å². The number of nitrogens with zero attached hydrogens (tertiary/aromatic N) is 2. The molecule has 5 nitrogen and oxygen atoms in total. The lowest BCUT2D eigenvalue weighted by Gasteiger charge is -2.24. The van der Waals surface area contributed by atoms with E-state index in [0.29, 0.717) is 17.6 Å². The van der Waals surface area contributed by atoms with Crippen molar-refractivity contribution in [3.8, 4) is 0 Å². The first-order valence-corrected chi connectivity index (χ1v) is 5.63. The van der Waals surface area contributed by atoms with Crippen LogP contribution in [-0.4, -0.2) is 34.2 Å². The van der Waals surface area contributed by atoms with Gasteiger partial charge in [-0.05, 0) is 12.8 Å². The first-order valence-electron chi connectivity index (χ1n) is 5.22. The van der Waals surface area contributed by atoms with Crippen molar-refractivity contribution >= 4 is 23.0 Å². The summed E-state index contributed by atoms with van der Waals surface area (Å²) in [6, 6.07) is 0.360. The lowest BCUT2D eigenvalue weighted by molar-refractivity contribution is 0.0904. The predicted molar refractivity (Wildman–Crippen MR) is 65.4 cm³/mol. The number of nitrogens with one attached hydrogen (secondary N) is 1. The van der Waals surface area contributed by atoms with E-state index >= 15 is 0 Å². The number of hydrogen-bond acceptors (Lipinski definition) is 5. The van der Waals surface area contributed by atoms with Gasteiger partial charge in [-0.2, -0.15) is 0 Å². The van der Waals surface area contributed by atoms with Crippen molar-refractivity contribution in [1.82, 2.24) is 9.97 Å². The molecule has 0 spiro atoms. The van der Waals surface area contributed by atoms with Crippen molar-refractivity contribution in [2.75, 3.05) is 18.5 Å². The summed E-state index contributed by atoms with van der Waals surface area (Å²) < 4.78 is 5.29. The second-order valence-electron chi connectivity index (χ2n) is 3.65. The van der Waals surface area contributed by atoms with Crippen molar-refractivity contribution in [3.63, 3.8) is 0 Å². The lowest BCUT2D eigenvalue weighted by Crippen LogP contribution is -2.29. The maximum Gasteiger partial charge on any atom is 0.155 e. The van der Waals surface area contributed by atoms with Crippen molar-refractivity contribution in [2.45, 2.75) is 18.9 Å². The van der Waals surface area contributed by atoms with Gasteiger partial charge in [-0.15, -0.1) is 0 Å². The van der Waals surface area contributed by atoms with Crippen LogP contribution in [0.2, 0.25) is 0 Å². The minimum atomic E-state index is 0.266. The van der Waals surface area contributed by atoms with Gasteiger partial charge >= 0.3 is 0 Å². The van der Waals surface area contributed by atoms with Gasteiger partial charge in [-0.1, -0.05) is 12.2 Å². The van der Waals surface area contributed by atoms with E-state index in [9.17, 15) is 0 Å². The Labute approximate surface area is 99.4 Å². The van der Waals surface area contributed by atoms with Gasteiger partial charge in [0.05, 0.1) is 0 Å². The third-order valence-electron chi connectivity index (χ3n) is 2.49. The Hall–Kier alpha value is -1.27. The minimum absolute atomic E-state index is 0.266. The van der Waals surface area contributed by atoms with Crippen molar-refractivity contribution in [2.24, 2.45) is 5.73 Å².